The molecule has 7 heteroatoms. The predicted octanol–water partition coefficient (Wildman–Crippen LogP) is 6.76. The second kappa shape index (κ2) is 9.79. The summed E-state index contributed by atoms with van der Waals surface area (Å²) in [5.41, 5.74) is 1.70. The van der Waals surface area contributed by atoms with Crippen LogP contribution < -0.4 is 3.78 Å². The molecule has 3 aromatic rings. The summed E-state index contributed by atoms with van der Waals surface area (Å²) in [4.78, 5) is 5.35. The first-order valence-corrected chi connectivity index (χ1v) is 19.0. The van der Waals surface area contributed by atoms with Crippen molar-refractivity contribution < 1.29 is 4.52 Å². The number of thiazole rings is 1. The van der Waals surface area contributed by atoms with Gasteiger partial charge in [-0.05, 0) is 0 Å². The van der Waals surface area contributed by atoms with E-state index in [4.69, 9.17) is 16.1 Å². The molecule has 3 aromatic heterocycles. The minimum absolute atomic E-state index is 0.512. The Balaban J connectivity index is 1.99. The second-order valence-corrected chi connectivity index (χ2v) is 21.7. The molecule has 0 atom stereocenters. The number of fused-ring (bicyclic) bond motifs is 1. The molecule has 0 N–H and O–H groups in total. The predicted molar refractivity (Wildman–Crippen MR) is 118 cm³/mol. The first-order chi connectivity index (χ1) is 13.1. The van der Waals surface area contributed by atoms with E-state index < -0.39 is 18.4 Å². The molecular weight excluding hydrogens is 484 g/mol. The summed E-state index contributed by atoms with van der Waals surface area (Å²) in [7, 11) is 0. The summed E-state index contributed by atoms with van der Waals surface area (Å²) in [5.74, 6) is 0. The average molecular weight is 515 g/mol. The zero-order chi connectivity index (χ0) is 19.3. The third kappa shape index (κ3) is 4.56. The van der Waals surface area contributed by atoms with Crippen molar-refractivity contribution in [2.45, 2.75) is 72.6 Å². The van der Waals surface area contributed by atoms with E-state index in [2.05, 4.69) is 37.0 Å². The van der Waals surface area contributed by atoms with Crippen molar-refractivity contribution in [1.29, 1.82) is 0 Å². The number of aromatic nitrogens is 3. The van der Waals surface area contributed by atoms with Gasteiger partial charge in [-0.2, -0.15) is 0 Å². The van der Waals surface area contributed by atoms with Crippen LogP contribution in [0.4, 0.5) is 0 Å². The molecule has 0 aromatic carbocycles. The standard InChI is InChI=1S/C8H3ClN3OS.3C4H9.Sn/c9-7-6(5-1-3-13-11-5)12-2-4-14-8(12)10-7;3*1-3-4-2;/h1-2,4H;3*1,3-4H2,2H3;. The van der Waals surface area contributed by atoms with Crippen LogP contribution in [-0.2, 0) is 0 Å². The van der Waals surface area contributed by atoms with Crippen molar-refractivity contribution >= 4 is 50.1 Å². The average Bonchev–Trinajstić information content (AvgIpc) is 3.38. The topological polar surface area (TPSA) is 43.3 Å². The maximum absolute atomic E-state index is 6.43. The number of hydrogen-bond acceptors (Lipinski definition) is 4. The van der Waals surface area contributed by atoms with E-state index in [0.717, 1.165) is 16.3 Å². The van der Waals surface area contributed by atoms with Crippen LogP contribution in [0.5, 0.6) is 0 Å². The number of halogens is 1. The molecule has 0 aliphatic carbocycles. The molecule has 27 heavy (non-hydrogen) atoms. The Morgan fingerprint density at radius 2 is 1.70 bits per heavy atom. The van der Waals surface area contributed by atoms with Gasteiger partial charge in [-0.15, -0.1) is 0 Å². The van der Waals surface area contributed by atoms with Gasteiger partial charge >= 0.3 is 176 Å². The van der Waals surface area contributed by atoms with Gasteiger partial charge in [-0.25, -0.2) is 0 Å². The molecule has 4 nitrogen and oxygen atoms in total. The van der Waals surface area contributed by atoms with E-state index in [9.17, 15) is 0 Å². The third-order valence-corrected chi connectivity index (χ3v) is 21.4. The van der Waals surface area contributed by atoms with E-state index >= 15 is 0 Å². The molecule has 0 saturated carbocycles. The summed E-state index contributed by atoms with van der Waals surface area (Å²) in [6.45, 7) is 6.88. The van der Waals surface area contributed by atoms with Gasteiger partial charge in [0, 0.05) is 0 Å². The second-order valence-electron chi connectivity index (χ2n) is 7.47. The fourth-order valence-corrected chi connectivity index (χ4v) is 20.0. The number of nitrogens with zero attached hydrogens (tertiary/aromatic N) is 3. The van der Waals surface area contributed by atoms with Crippen LogP contribution in [0.25, 0.3) is 16.3 Å². The minimum atomic E-state index is -2.60. The van der Waals surface area contributed by atoms with Crippen LogP contribution in [0.2, 0.25) is 18.5 Å². The number of unbranched alkanes of at least 4 members (excludes halogenated alkanes) is 3. The third-order valence-electron chi connectivity index (χ3n) is 5.52. The van der Waals surface area contributed by atoms with Crippen LogP contribution >= 0.6 is 22.9 Å². The molecular formula is C20H30ClN3OSSn. The SMILES string of the molecule is CCC[CH2][Sn]([CH2]CCC)([CH2]CCC)[c]1cc(-c2c(Cl)nc3sccn23)no1. The molecule has 0 saturated heterocycles. The first-order valence-electron chi connectivity index (χ1n) is 10.2. The Bertz CT molecular complexity index is 835. The molecule has 0 radical (unpaired) electrons. The van der Waals surface area contributed by atoms with Gasteiger partial charge in [0.1, 0.15) is 0 Å². The monoisotopic (exact) mass is 515 g/mol. The fourth-order valence-electron chi connectivity index (χ4n) is 3.92. The van der Waals surface area contributed by atoms with Crippen molar-refractivity contribution in [3.63, 3.8) is 0 Å². The van der Waals surface area contributed by atoms with Crippen molar-refractivity contribution in [3.05, 3.63) is 22.8 Å². The van der Waals surface area contributed by atoms with Crippen LogP contribution in [0.1, 0.15) is 59.3 Å². The van der Waals surface area contributed by atoms with Crippen molar-refractivity contribution in [2.24, 2.45) is 0 Å². The maximum atomic E-state index is 6.43. The van der Waals surface area contributed by atoms with Crippen molar-refractivity contribution in [2.75, 3.05) is 0 Å². The van der Waals surface area contributed by atoms with Crippen molar-refractivity contribution in [1.82, 2.24) is 14.5 Å². The summed E-state index contributed by atoms with van der Waals surface area (Å²) in [5, 5.41) is 7.01. The summed E-state index contributed by atoms with van der Waals surface area (Å²) in [6.07, 6.45) is 9.68. The summed E-state index contributed by atoms with van der Waals surface area (Å²) >= 11 is 5.41. The van der Waals surface area contributed by atoms with Gasteiger partial charge < -0.3 is 0 Å². The van der Waals surface area contributed by atoms with Crippen molar-refractivity contribution in [3.8, 4) is 11.4 Å². The summed E-state index contributed by atoms with van der Waals surface area (Å²) in [6, 6.07) is 2.21. The molecule has 0 aliphatic heterocycles. The van der Waals surface area contributed by atoms with E-state index in [-0.39, 0.29) is 0 Å². The van der Waals surface area contributed by atoms with Gasteiger partial charge in [0.15, 0.2) is 0 Å². The molecule has 0 unspecified atom stereocenters. The van der Waals surface area contributed by atoms with Gasteiger partial charge in [0.2, 0.25) is 0 Å². The molecule has 3 rings (SSSR count). The molecule has 0 fully saturated rings. The van der Waals surface area contributed by atoms with E-state index in [1.54, 1.807) is 11.3 Å². The summed E-state index contributed by atoms with van der Waals surface area (Å²) < 4.78 is 13.4. The number of hydrogen-bond donors (Lipinski definition) is 0. The van der Waals surface area contributed by atoms with Gasteiger partial charge in [-0.3, -0.25) is 0 Å². The Kier molecular flexibility index (Phi) is 7.68. The molecule has 0 spiro atoms. The number of imidazole rings is 1. The Morgan fingerprint density at radius 3 is 2.30 bits per heavy atom. The molecule has 0 amide bonds. The number of rotatable bonds is 11. The Hall–Kier alpha value is -0.531. The van der Waals surface area contributed by atoms with Crippen LogP contribution in [-0.4, -0.2) is 32.9 Å². The quantitative estimate of drug-likeness (QED) is 0.266. The van der Waals surface area contributed by atoms with Crippen LogP contribution in [0, 0.1) is 0 Å². The normalized spacial score (nSPS) is 12.3. The zero-order valence-corrected chi connectivity index (χ0v) is 21.1. The molecule has 3 heterocycles. The van der Waals surface area contributed by atoms with E-state index in [1.165, 1.54) is 55.6 Å². The fraction of sp³-hybridized carbons (Fsp3) is 0.600. The van der Waals surface area contributed by atoms with Gasteiger partial charge in [0.25, 0.3) is 0 Å². The molecule has 0 aliphatic rings. The van der Waals surface area contributed by atoms with Crippen LogP contribution in [0.15, 0.2) is 22.2 Å². The molecule has 0 bridgehead atoms. The van der Waals surface area contributed by atoms with E-state index in [0.29, 0.717) is 5.15 Å². The van der Waals surface area contributed by atoms with Gasteiger partial charge in [0.05, 0.1) is 0 Å². The molecule has 148 valence electrons. The Labute approximate surface area is 175 Å². The van der Waals surface area contributed by atoms with Crippen LogP contribution in [0.3, 0.4) is 0 Å². The van der Waals surface area contributed by atoms with Gasteiger partial charge in [-0.1, -0.05) is 0 Å². The first kappa shape index (κ1) is 21.2. The Morgan fingerprint density at radius 1 is 1.07 bits per heavy atom. The van der Waals surface area contributed by atoms with E-state index in [1.807, 2.05) is 16.0 Å². The zero-order valence-electron chi connectivity index (χ0n) is 16.6.